The van der Waals surface area contributed by atoms with Crippen molar-refractivity contribution in [2.24, 2.45) is 0 Å². The van der Waals surface area contributed by atoms with Crippen LogP contribution in [-0.2, 0) is 9.59 Å². The lowest BCUT2D eigenvalue weighted by molar-refractivity contribution is -0.385. The fourth-order valence-corrected chi connectivity index (χ4v) is 4.22. The molecule has 0 aromatic heterocycles. The molecule has 1 rings (SSSR count). The summed E-state index contributed by atoms with van der Waals surface area (Å²) in [4.78, 5) is 32.5. The van der Waals surface area contributed by atoms with E-state index in [4.69, 9.17) is 14.9 Å². The number of rotatable bonds is 20. The Balaban J connectivity index is 2.20. The monoisotopic (exact) mass is 469 g/mol. The van der Waals surface area contributed by atoms with Crippen LogP contribution in [0.15, 0.2) is 23.1 Å². The van der Waals surface area contributed by atoms with Gasteiger partial charge in [0, 0.05) is 23.8 Å². The van der Waals surface area contributed by atoms with Gasteiger partial charge in [-0.05, 0) is 31.1 Å². The van der Waals surface area contributed by atoms with E-state index < -0.39 is 16.9 Å². The number of benzene rings is 1. The molecular formula is C23H35NO7S. The van der Waals surface area contributed by atoms with E-state index in [0.29, 0.717) is 12.2 Å². The van der Waals surface area contributed by atoms with Gasteiger partial charge in [-0.3, -0.25) is 19.7 Å². The maximum atomic E-state index is 11.0. The maximum absolute atomic E-state index is 11.0. The molecule has 0 fully saturated rings. The van der Waals surface area contributed by atoms with Gasteiger partial charge in [0.25, 0.3) is 5.69 Å². The first-order valence-corrected chi connectivity index (χ1v) is 12.4. The average molecular weight is 470 g/mol. The molecule has 0 saturated carbocycles. The van der Waals surface area contributed by atoms with E-state index >= 15 is 0 Å². The van der Waals surface area contributed by atoms with E-state index in [1.54, 1.807) is 17.8 Å². The SMILES string of the molecule is O=C(O)CCCCCCCCCCCCSc1ccc([N+](=O)[O-])cc1OCCCC(=O)O. The van der Waals surface area contributed by atoms with Crippen LogP contribution < -0.4 is 4.74 Å². The molecule has 0 amide bonds. The molecule has 32 heavy (non-hydrogen) atoms. The molecule has 2 N–H and O–H groups in total. The van der Waals surface area contributed by atoms with Crippen LogP contribution in [0.1, 0.15) is 83.5 Å². The summed E-state index contributed by atoms with van der Waals surface area (Å²) in [6, 6.07) is 4.57. The van der Waals surface area contributed by atoms with Crippen LogP contribution >= 0.6 is 11.8 Å². The van der Waals surface area contributed by atoms with Crippen molar-refractivity contribution in [1.29, 1.82) is 0 Å². The number of hydrogen-bond acceptors (Lipinski definition) is 6. The Hall–Kier alpha value is -2.29. The molecule has 0 saturated heterocycles. The molecule has 180 valence electrons. The molecule has 0 radical (unpaired) electrons. The second kappa shape index (κ2) is 17.3. The normalized spacial score (nSPS) is 10.8. The van der Waals surface area contributed by atoms with Crippen LogP contribution in [0.25, 0.3) is 0 Å². The number of hydrogen-bond donors (Lipinski definition) is 2. The number of nitrogens with zero attached hydrogens (tertiary/aromatic N) is 1. The van der Waals surface area contributed by atoms with Gasteiger partial charge in [-0.15, -0.1) is 11.8 Å². The number of carbonyl (C=O) groups is 2. The van der Waals surface area contributed by atoms with Crippen LogP contribution in [0.4, 0.5) is 5.69 Å². The van der Waals surface area contributed by atoms with Crippen LogP contribution in [0.3, 0.4) is 0 Å². The highest BCUT2D eigenvalue weighted by atomic mass is 32.2. The lowest BCUT2D eigenvalue weighted by atomic mass is 10.1. The predicted molar refractivity (Wildman–Crippen MR) is 125 cm³/mol. The van der Waals surface area contributed by atoms with Crippen LogP contribution in [0.2, 0.25) is 0 Å². The molecule has 0 spiro atoms. The van der Waals surface area contributed by atoms with Gasteiger partial charge in [-0.2, -0.15) is 0 Å². The van der Waals surface area contributed by atoms with Gasteiger partial charge in [0.2, 0.25) is 0 Å². The third kappa shape index (κ3) is 13.9. The molecule has 9 heteroatoms. The Kier molecular flexibility index (Phi) is 15.0. The van der Waals surface area contributed by atoms with E-state index in [2.05, 4.69) is 0 Å². The second-order valence-electron chi connectivity index (χ2n) is 7.76. The van der Waals surface area contributed by atoms with Gasteiger partial charge in [-0.25, -0.2) is 0 Å². The molecule has 8 nitrogen and oxygen atoms in total. The van der Waals surface area contributed by atoms with Crippen molar-refractivity contribution in [2.75, 3.05) is 12.4 Å². The predicted octanol–water partition coefficient (Wildman–Crippen LogP) is 6.31. The third-order valence-electron chi connectivity index (χ3n) is 4.97. The summed E-state index contributed by atoms with van der Waals surface area (Å²) < 4.78 is 5.63. The van der Waals surface area contributed by atoms with Gasteiger partial charge in [0.1, 0.15) is 5.75 Å². The summed E-state index contributed by atoms with van der Waals surface area (Å²) in [5.41, 5.74) is -0.0375. The fourth-order valence-electron chi connectivity index (χ4n) is 3.22. The van der Waals surface area contributed by atoms with Crippen molar-refractivity contribution in [3.8, 4) is 5.75 Å². The number of unbranched alkanes of at least 4 members (excludes halogenated alkanes) is 9. The van der Waals surface area contributed by atoms with Gasteiger partial charge in [0.05, 0.1) is 17.6 Å². The largest absolute Gasteiger partial charge is 0.492 e. The molecule has 1 aromatic rings. The molecule has 0 atom stereocenters. The van der Waals surface area contributed by atoms with Gasteiger partial charge in [-0.1, -0.05) is 51.4 Å². The molecule has 0 aliphatic carbocycles. The first-order chi connectivity index (χ1) is 15.4. The summed E-state index contributed by atoms with van der Waals surface area (Å²) >= 11 is 1.61. The van der Waals surface area contributed by atoms with Crippen LogP contribution in [-0.4, -0.2) is 39.4 Å². The van der Waals surface area contributed by atoms with Crippen molar-refractivity contribution in [3.63, 3.8) is 0 Å². The van der Waals surface area contributed by atoms with E-state index in [0.717, 1.165) is 42.8 Å². The number of nitro benzene ring substituents is 1. The minimum Gasteiger partial charge on any atom is -0.492 e. The number of non-ortho nitro benzene ring substituents is 1. The Morgan fingerprint density at radius 1 is 0.844 bits per heavy atom. The zero-order valence-electron chi connectivity index (χ0n) is 18.6. The lowest BCUT2D eigenvalue weighted by Crippen LogP contribution is -2.03. The maximum Gasteiger partial charge on any atom is 0.303 e. The van der Waals surface area contributed by atoms with Gasteiger partial charge in [0.15, 0.2) is 0 Å². The first-order valence-electron chi connectivity index (χ1n) is 11.4. The number of aliphatic carboxylic acids is 2. The molecule has 1 aromatic carbocycles. The van der Waals surface area contributed by atoms with Crippen LogP contribution in [0.5, 0.6) is 5.75 Å². The second-order valence-corrected chi connectivity index (χ2v) is 8.90. The standard InChI is InChI=1S/C23H35NO7S/c25-22(26)12-9-7-5-3-1-2-4-6-8-10-17-32-21-15-14-19(24(29)30)18-20(21)31-16-11-13-23(27)28/h14-15,18H,1-13,16-17H2,(H,25,26)(H,27,28). The van der Waals surface area contributed by atoms with E-state index in [1.807, 2.05) is 0 Å². The molecule has 0 heterocycles. The zero-order valence-corrected chi connectivity index (χ0v) is 19.4. The average Bonchev–Trinajstić information content (AvgIpc) is 2.74. The Morgan fingerprint density at radius 2 is 1.38 bits per heavy atom. The summed E-state index contributed by atoms with van der Waals surface area (Å²) in [6.07, 6.45) is 11.7. The molecule has 0 unspecified atom stereocenters. The third-order valence-corrected chi connectivity index (χ3v) is 6.11. The number of carboxylic acids is 2. The number of ether oxygens (including phenoxy) is 1. The highest BCUT2D eigenvalue weighted by Gasteiger charge is 2.12. The van der Waals surface area contributed by atoms with E-state index in [9.17, 15) is 19.7 Å². The number of carboxylic acid groups (broad SMARTS) is 2. The smallest absolute Gasteiger partial charge is 0.303 e. The molecular weight excluding hydrogens is 434 g/mol. The molecule has 0 aliphatic heterocycles. The quantitative estimate of drug-likeness (QED) is 0.0984. The molecule has 0 bridgehead atoms. The van der Waals surface area contributed by atoms with Crippen molar-refractivity contribution in [3.05, 3.63) is 28.3 Å². The van der Waals surface area contributed by atoms with E-state index in [1.165, 1.54) is 44.2 Å². The van der Waals surface area contributed by atoms with Crippen molar-refractivity contribution < 1.29 is 29.5 Å². The summed E-state index contributed by atoms with van der Waals surface area (Å²) in [5, 5.41) is 28.3. The van der Waals surface area contributed by atoms with Gasteiger partial charge >= 0.3 is 11.9 Å². The summed E-state index contributed by atoms with van der Waals surface area (Å²) in [6.45, 7) is 0.209. The fraction of sp³-hybridized carbons (Fsp3) is 0.652. The summed E-state index contributed by atoms with van der Waals surface area (Å²) in [5.74, 6) is -0.264. The van der Waals surface area contributed by atoms with Gasteiger partial charge < -0.3 is 14.9 Å². The highest BCUT2D eigenvalue weighted by molar-refractivity contribution is 7.99. The zero-order chi connectivity index (χ0) is 23.6. The minimum absolute atomic E-state index is 0.00211. The van der Waals surface area contributed by atoms with Crippen molar-refractivity contribution in [2.45, 2.75) is 88.4 Å². The van der Waals surface area contributed by atoms with Crippen molar-refractivity contribution >= 4 is 29.4 Å². The highest BCUT2D eigenvalue weighted by Crippen LogP contribution is 2.33. The summed E-state index contributed by atoms with van der Waals surface area (Å²) in [7, 11) is 0. The first kappa shape index (κ1) is 27.7. The van der Waals surface area contributed by atoms with E-state index in [-0.39, 0.29) is 25.1 Å². The number of nitro groups is 1. The Morgan fingerprint density at radius 3 is 1.94 bits per heavy atom. The lowest BCUT2D eigenvalue weighted by Gasteiger charge is -2.11. The Labute approximate surface area is 193 Å². The molecule has 0 aliphatic rings. The number of thioether (sulfide) groups is 1. The minimum atomic E-state index is -0.891. The Bertz CT molecular complexity index is 712. The topological polar surface area (TPSA) is 127 Å². The van der Waals surface area contributed by atoms with Crippen LogP contribution in [0, 0.1) is 10.1 Å². The van der Waals surface area contributed by atoms with Crippen molar-refractivity contribution in [1.82, 2.24) is 0 Å².